The van der Waals surface area contributed by atoms with E-state index in [0.29, 0.717) is 0 Å². The van der Waals surface area contributed by atoms with Crippen molar-refractivity contribution in [3.8, 4) is 11.5 Å². The zero-order valence-electron chi connectivity index (χ0n) is 13.1. The molecule has 2 aromatic rings. The zero-order valence-corrected chi connectivity index (χ0v) is 14.6. The maximum Gasteiger partial charge on any atom is 0.271 e. The molecule has 2 rings (SSSR count). The first-order chi connectivity index (χ1) is 11.8. The number of non-ortho nitro benzene ring substituents is 1. The van der Waals surface area contributed by atoms with Gasteiger partial charge in [0.25, 0.3) is 5.69 Å². The van der Waals surface area contributed by atoms with Crippen LogP contribution >= 0.6 is 15.9 Å². The quantitative estimate of drug-likeness (QED) is 0.303. The normalized spacial score (nSPS) is 10.8. The lowest BCUT2D eigenvalue weighted by atomic mass is 10.2. The smallest absolute Gasteiger partial charge is 0.271 e. The zero-order chi connectivity index (χ0) is 18.6. The van der Waals surface area contributed by atoms with E-state index in [9.17, 15) is 25.1 Å². The fraction of sp³-hybridized carbons (Fsp3) is 0.125. The number of hydrogen-bond acceptors (Lipinski definition) is 6. The first kappa shape index (κ1) is 18.4. The Labute approximate surface area is 151 Å². The van der Waals surface area contributed by atoms with Gasteiger partial charge in [0.1, 0.15) is 18.0 Å². The summed E-state index contributed by atoms with van der Waals surface area (Å²) in [6.45, 7) is 1.52. The van der Waals surface area contributed by atoms with Crippen LogP contribution in [0.4, 0.5) is 11.4 Å². The number of benzene rings is 2. The fourth-order valence-corrected chi connectivity index (χ4v) is 2.44. The van der Waals surface area contributed by atoms with Gasteiger partial charge in [0, 0.05) is 23.9 Å². The number of aryl methyl sites for hydroxylation is 1. The van der Waals surface area contributed by atoms with E-state index < -0.39 is 10.8 Å². The number of nitrogens with zero attached hydrogens (tertiary/aromatic N) is 2. The molecule has 0 saturated heterocycles. The van der Waals surface area contributed by atoms with E-state index in [2.05, 4.69) is 26.2 Å². The lowest BCUT2D eigenvalue weighted by Gasteiger charge is -2.06. The van der Waals surface area contributed by atoms with Crippen LogP contribution < -0.4 is 5.32 Å². The van der Waals surface area contributed by atoms with Gasteiger partial charge >= 0.3 is 0 Å². The number of anilines is 1. The van der Waals surface area contributed by atoms with E-state index in [0.717, 1.165) is 11.6 Å². The Morgan fingerprint density at radius 2 is 2.08 bits per heavy atom. The molecule has 0 atom stereocenters. The predicted molar refractivity (Wildman–Crippen MR) is 96.4 cm³/mol. The van der Waals surface area contributed by atoms with Crippen molar-refractivity contribution in [2.45, 2.75) is 6.92 Å². The molecule has 2 aromatic carbocycles. The van der Waals surface area contributed by atoms with Crippen molar-refractivity contribution in [2.75, 3.05) is 11.9 Å². The lowest BCUT2D eigenvalue weighted by molar-refractivity contribution is -0.385. The SMILES string of the molecule is Cc1ccc(NC(=O)CN=Cc2cc([N+](=O)[O-])cc(Br)c2O)c(O)c1. The van der Waals surface area contributed by atoms with Crippen LogP contribution in [-0.2, 0) is 4.79 Å². The summed E-state index contributed by atoms with van der Waals surface area (Å²) in [5.41, 5.74) is 0.985. The molecule has 0 heterocycles. The van der Waals surface area contributed by atoms with Gasteiger partial charge in [-0.05, 0) is 40.5 Å². The van der Waals surface area contributed by atoms with Crippen LogP contribution in [0.25, 0.3) is 0 Å². The first-order valence-corrected chi connectivity index (χ1v) is 7.83. The summed E-state index contributed by atoms with van der Waals surface area (Å²) in [6, 6.07) is 7.12. The molecule has 0 fully saturated rings. The molecule has 0 aliphatic heterocycles. The number of aromatic hydroxyl groups is 2. The highest BCUT2D eigenvalue weighted by molar-refractivity contribution is 9.10. The fourth-order valence-electron chi connectivity index (χ4n) is 1.97. The highest BCUT2D eigenvalue weighted by atomic mass is 79.9. The maximum absolute atomic E-state index is 11.9. The van der Waals surface area contributed by atoms with Gasteiger partial charge in [0.15, 0.2) is 0 Å². The number of aliphatic imine (C=N–C) groups is 1. The predicted octanol–water partition coefficient (Wildman–Crippen LogP) is 3.13. The minimum atomic E-state index is -0.603. The average molecular weight is 408 g/mol. The van der Waals surface area contributed by atoms with Crippen LogP contribution in [0.3, 0.4) is 0 Å². The van der Waals surface area contributed by atoms with Gasteiger partial charge in [-0.1, -0.05) is 6.07 Å². The Morgan fingerprint density at radius 3 is 2.72 bits per heavy atom. The molecule has 0 saturated carbocycles. The van der Waals surface area contributed by atoms with Gasteiger partial charge < -0.3 is 15.5 Å². The van der Waals surface area contributed by atoms with Crippen LogP contribution in [0.1, 0.15) is 11.1 Å². The van der Waals surface area contributed by atoms with Crippen molar-refractivity contribution in [1.82, 2.24) is 0 Å². The number of phenolic OH excluding ortho intramolecular Hbond substituents is 2. The number of nitrogens with one attached hydrogen (secondary N) is 1. The number of rotatable bonds is 5. The van der Waals surface area contributed by atoms with Crippen molar-refractivity contribution in [3.05, 3.63) is 56.0 Å². The Balaban J connectivity index is 2.08. The molecule has 0 spiro atoms. The van der Waals surface area contributed by atoms with Crippen molar-refractivity contribution in [3.63, 3.8) is 0 Å². The maximum atomic E-state index is 11.9. The van der Waals surface area contributed by atoms with Crippen molar-refractivity contribution in [1.29, 1.82) is 0 Å². The molecule has 0 aromatic heterocycles. The van der Waals surface area contributed by atoms with E-state index in [1.165, 1.54) is 18.3 Å². The highest BCUT2D eigenvalue weighted by Crippen LogP contribution is 2.31. The number of amides is 1. The standard InChI is InChI=1S/C16H14BrN3O5/c1-9-2-3-13(14(21)4-9)19-15(22)8-18-7-10-5-11(20(24)25)6-12(17)16(10)23/h2-7,21,23H,8H2,1H3,(H,19,22). The molecule has 9 heteroatoms. The summed E-state index contributed by atoms with van der Waals surface area (Å²) >= 11 is 3.02. The van der Waals surface area contributed by atoms with Gasteiger partial charge in [-0.25, -0.2) is 0 Å². The van der Waals surface area contributed by atoms with E-state index in [1.807, 2.05) is 0 Å². The third kappa shape index (κ3) is 4.77. The number of carbonyl (C=O) groups excluding carboxylic acids is 1. The van der Waals surface area contributed by atoms with Gasteiger partial charge in [-0.2, -0.15) is 0 Å². The van der Waals surface area contributed by atoms with Gasteiger partial charge in [-0.15, -0.1) is 0 Å². The van der Waals surface area contributed by atoms with Crippen LogP contribution in [0.15, 0.2) is 39.8 Å². The minimum Gasteiger partial charge on any atom is -0.506 e. The highest BCUT2D eigenvalue weighted by Gasteiger charge is 2.13. The molecular weight excluding hydrogens is 394 g/mol. The number of phenols is 2. The summed E-state index contributed by atoms with van der Waals surface area (Å²) in [5.74, 6) is -0.761. The Morgan fingerprint density at radius 1 is 1.36 bits per heavy atom. The summed E-state index contributed by atoms with van der Waals surface area (Å²) in [5, 5.41) is 32.9. The largest absolute Gasteiger partial charge is 0.506 e. The van der Waals surface area contributed by atoms with E-state index in [4.69, 9.17) is 0 Å². The summed E-state index contributed by atoms with van der Waals surface area (Å²) in [7, 11) is 0. The van der Waals surface area contributed by atoms with Crippen molar-refractivity contribution in [2.24, 2.45) is 4.99 Å². The number of carbonyl (C=O) groups is 1. The Kier molecular flexibility index (Phi) is 5.71. The topological polar surface area (TPSA) is 125 Å². The first-order valence-electron chi connectivity index (χ1n) is 7.04. The van der Waals surface area contributed by atoms with Gasteiger partial charge in [-0.3, -0.25) is 19.9 Å². The average Bonchev–Trinajstić information content (AvgIpc) is 2.53. The summed E-state index contributed by atoms with van der Waals surface area (Å²) in [4.78, 5) is 25.9. The molecule has 0 radical (unpaired) electrons. The third-order valence-electron chi connectivity index (χ3n) is 3.18. The van der Waals surface area contributed by atoms with Gasteiger partial charge in [0.2, 0.25) is 5.91 Å². The second-order valence-electron chi connectivity index (χ2n) is 5.16. The lowest BCUT2D eigenvalue weighted by Crippen LogP contribution is -2.15. The summed E-state index contributed by atoms with van der Waals surface area (Å²) < 4.78 is 0.150. The molecule has 8 nitrogen and oxygen atoms in total. The molecule has 130 valence electrons. The van der Waals surface area contributed by atoms with Crippen LogP contribution in [0, 0.1) is 17.0 Å². The van der Waals surface area contributed by atoms with E-state index >= 15 is 0 Å². The number of nitro groups is 1. The van der Waals surface area contributed by atoms with Crippen molar-refractivity contribution < 1.29 is 19.9 Å². The second kappa shape index (κ2) is 7.75. The van der Waals surface area contributed by atoms with Crippen LogP contribution in [0.2, 0.25) is 0 Å². The molecule has 3 N–H and O–H groups in total. The molecular formula is C16H14BrN3O5. The second-order valence-corrected chi connectivity index (χ2v) is 6.02. The molecule has 0 unspecified atom stereocenters. The Bertz CT molecular complexity index is 867. The summed E-state index contributed by atoms with van der Waals surface area (Å²) in [6.07, 6.45) is 1.17. The molecule has 1 amide bonds. The molecule has 0 bridgehead atoms. The van der Waals surface area contributed by atoms with Gasteiger partial charge in [0.05, 0.1) is 15.1 Å². The van der Waals surface area contributed by atoms with Crippen LogP contribution in [-0.4, -0.2) is 33.8 Å². The monoisotopic (exact) mass is 407 g/mol. The molecule has 0 aliphatic carbocycles. The third-order valence-corrected chi connectivity index (χ3v) is 3.79. The molecule has 0 aliphatic rings. The number of nitro benzene ring substituents is 1. The number of hydrogen-bond donors (Lipinski definition) is 3. The van der Waals surface area contributed by atoms with E-state index in [1.54, 1.807) is 19.1 Å². The minimum absolute atomic E-state index is 0.0578. The van der Waals surface area contributed by atoms with E-state index in [-0.39, 0.29) is 39.5 Å². The number of halogens is 1. The van der Waals surface area contributed by atoms with Crippen LogP contribution in [0.5, 0.6) is 11.5 Å². The Hall–Kier alpha value is -2.94. The molecule has 25 heavy (non-hydrogen) atoms. The van der Waals surface area contributed by atoms with Crippen molar-refractivity contribution >= 4 is 39.4 Å².